The lowest BCUT2D eigenvalue weighted by Crippen LogP contribution is -2.44. The van der Waals surface area contributed by atoms with E-state index in [1.54, 1.807) is 6.20 Å². The predicted molar refractivity (Wildman–Crippen MR) is 101 cm³/mol. The summed E-state index contributed by atoms with van der Waals surface area (Å²) in [6.45, 7) is 0.412. The van der Waals surface area contributed by atoms with Gasteiger partial charge in [-0.1, -0.05) is 0 Å². The van der Waals surface area contributed by atoms with Gasteiger partial charge in [0.1, 0.15) is 17.5 Å². The molecule has 1 aromatic carbocycles. The van der Waals surface area contributed by atoms with Gasteiger partial charge >= 0.3 is 0 Å². The Morgan fingerprint density at radius 1 is 1.07 bits per heavy atom. The van der Waals surface area contributed by atoms with Gasteiger partial charge in [-0.05, 0) is 35.7 Å². The average molecular weight is 383 g/mol. The van der Waals surface area contributed by atoms with E-state index in [1.807, 2.05) is 24.3 Å². The molecule has 0 saturated heterocycles. The number of aromatic nitrogens is 2. The number of benzene rings is 1. The second-order valence-corrected chi connectivity index (χ2v) is 7.14. The highest BCUT2D eigenvalue weighted by molar-refractivity contribution is 6.11. The highest BCUT2D eigenvalue weighted by Gasteiger charge is 2.45. The molecule has 1 saturated carbocycles. The number of pyridine rings is 2. The van der Waals surface area contributed by atoms with Gasteiger partial charge in [0.2, 0.25) is 0 Å². The number of halogens is 3. The van der Waals surface area contributed by atoms with Gasteiger partial charge in [0, 0.05) is 41.7 Å². The van der Waals surface area contributed by atoms with E-state index in [0.717, 1.165) is 22.2 Å². The molecule has 0 unspecified atom stereocenters. The van der Waals surface area contributed by atoms with Crippen LogP contribution in [-0.4, -0.2) is 27.8 Å². The Morgan fingerprint density at radius 2 is 1.93 bits per heavy atom. The average Bonchev–Trinajstić information content (AvgIpc) is 3.02. The van der Waals surface area contributed by atoms with Gasteiger partial charge < -0.3 is 10.6 Å². The zero-order valence-electron chi connectivity index (χ0n) is 14.7. The van der Waals surface area contributed by atoms with Crippen molar-refractivity contribution in [1.29, 1.82) is 0 Å². The minimum Gasteiger partial charge on any atom is -0.366 e. The van der Waals surface area contributed by atoms with Gasteiger partial charge in [-0.15, -0.1) is 0 Å². The van der Waals surface area contributed by atoms with Crippen LogP contribution in [0.3, 0.4) is 0 Å². The van der Waals surface area contributed by atoms with Crippen LogP contribution in [0.5, 0.6) is 0 Å². The first kappa shape index (κ1) is 17.0. The fourth-order valence-electron chi connectivity index (χ4n) is 3.61. The molecule has 2 aromatic heterocycles. The van der Waals surface area contributed by atoms with Crippen molar-refractivity contribution in [1.82, 2.24) is 9.97 Å². The Kier molecular flexibility index (Phi) is 3.75. The van der Waals surface area contributed by atoms with Crippen LogP contribution in [0.2, 0.25) is 0 Å². The van der Waals surface area contributed by atoms with Crippen LogP contribution in [0.15, 0.2) is 47.7 Å². The normalized spacial score (nSPS) is 17.8. The van der Waals surface area contributed by atoms with Gasteiger partial charge in [0.15, 0.2) is 0 Å². The fourth-order valence-corrected chi connectivity index (χ4v) is 3.61. The smallest absolute Gasteiger partial charge is 0.252 e. The van der Waals surface area contributed by atoms with Gasteiger partial charge in [-0.25, -0.2) is 18.2 Å². The highest BCUT2D eigenvalue weighted by atomic mass is 19.3. The fraction of sp³-hybridized carbons (Fsp3) is 0.250. The lowest BCUT2D eigenvalue weighted by molar-refractivity contribution is -0.0793. The Balaban J connectivity index is 1.39. The lowest BCUT2D eigenvalue weighted by atomic mass is 9.88. The summed E-state index contributed by atoms with van der Waals surface area (Å²) in [5.41, 5.74) is 2.18. The molecule has 0 bridgehead atoms. The Labute approximate surface area is 158 Å². The van der Waals surface area contributed by atoms with Crippen molar-refractivity contribution in [2.45, 2.75) is 31.4 Å². The minimum atomic E-state index is -2.58. The second-order valence-electron chi connectivity index (χ2n) is 7.14. The predicted octanol–water partition coefficient (Wildman–Crippen LogP) is 4.35. The summed E-state index contributed by atoms with van der Waals surface area (Å²) < 4.78 is 39.7. The molecule has 142 valence electrons. The Hall–Kier alpha value is -3.16. The maximum Gasteiger partial charge on any atom is 0.252 e. The van der Waals surface area contributed by atoms with E-state index >= 15 is 0 Å². The summed E-state index contributed by atoms with van der Waals surface area (Å²) in [5, 5.41) is 8.08. The SMILES string of the molecule is Fc1cnc2c(c1)C(Nc1ccc3c(NC4CC(F)(F)C4)nccc3c1)=NC2. The van der Waals surface area contributed by atoms with Crippen LogP contribution in [0.25, 0.3) is 10.8 Å². The molecule has 2 aliphatic rings. The molecule has 0 radical (unpaired) electrons. The summed E-state index contributed by atoms with van der Waals surface area (Å²) in [4.78, 5) is 12.8. The van der Waals surface area contributed by atoms with Gasteiger partial charge in [0.05, 0.1) is 18.4 Å². The number of hydrogen-bond donors (Lipinski definition) is 2. The van der Waals surface area contributed by atoms with Gasteiger partial charge in [-0.3, -0.25) is 9.98 Å². The Bertz CT molecular complexity index is 1100. The standard InChI is InChI=1S/C20H16F3N5/c21-12-6-16-17(25-9-12)10-26-19(16)27-13-1-2-15-11(5-13)3-4-24-18(15)28-14-7-20(22,23)8-14/h1-6,9,14H,7-8,10H2,(H,24,28)(H,26,27). The first-order valence-electron chi connectivity index (χ1n) is 8.96. The summed E-state index contributed by atoms with van der Waals surface area (Å²) in [5.74, 6) is -1.81. The molecule has 28 heavy (non-hydrogen) atoms. The van der Waals surface area contributed by atoms with Crippen LogP contribution in [-0.2, 0) is 6.54 Å². The molecule has 1 aliphatic carbocycles. The zero-order chi connectivity index (χ0) is 19.3. The van der Waals surface area contributed by atoms with E-state index in [2.05, 4.69) is 25.6 Å². The highest BCUT2D eigenvalue weighted by Crippen LogP contribution is 2.39. The van der Waals surface area contributed by atoms with Crippen molar-refractivity contribution in [3.05, 3.63) is 59.8 Å². The number of nitrogens with one attached hydrogen (secondary N) is 2. The van der Waals surface area contributed by atoms with Gasteiger partial charge in [0.25, 0.3) is 5.92 Å². The number of rotatable bonds is 3. The topological polar surface area (TPSA) is 62.2 Å². The molecule has 3 aromatic rings. The van der Waals surface area contributed by atoms with Crippen LogP contribution in [0, 0.1) is 5.82 Å². The number of nitrogens with zero attached hydrogens (tertiary/aromatic N) is 3. The maximum absolute atomic E-state index is 13.5. The summed E-state index contributed by atoms with van der Waals surface area (Å²) in [7, 11) is 0. The van der Waals surface area contributed by atoms with Crippen molar-refractivity contribution >= 4 is 28.1 Å². The summed E-state index contributed by atoms with van der Waals surface area (Å²) in [6.07, 6.45) is 2.49. The molecule has 3 heterocycles. The number of anilines is 2. The molecule has 0 amide bonds. The largest absolute Gasteiger partial charge is 0.366 e. The number of fused-ring (bicyclic) bond motifs is 2. The van der Waals surface area contributed by atoms with Crippen LogP contribution in [0.4, 0.5) is 24.7 Å². The van der Waals surface area contributed by atoms with Crippen molar-refractivity contribution in [3.63, 3.8) is 0 Å². The van der Waals surface area contributed by atoms with E-state index < -0.39 is 11.7 Å². The van der Waals surface area contributed by atoms with Crippen LogP contribution < -0.4 is 10.6 Å². The second kappa shape index (κ2) is 6.19. The number of alkyl halides is 2. The third-order valence-electron chi connectivity index (χ3n) is 5.04. The molecule has 1 fully saturated rings. The Morgan fingerprint density at radius 3 is 2.75 bits per heavy atom. The van der Waals surface area contributed by atoms with Crippen LogP contribution in [0.1, 0.15) is 24.1 Å². The maximum atomic E-state index is 13.5. The van der Waals surface area contributed by atoms with Crippen molar-refractivity contribution in [2.75, 3.05) is 10.6 Å². The molecule has 0 atom stereocenters. The van der Waals surface area contributed by atoms with E-state index in [-0.39, 0.29) is 18.9 Å². The third-order valence-corrected chi connectivity index (χ3v) is 5.04. The molecule has 5 rings (SSSR count). The van der Waals surface area contributed by atoms with E-state index in [9.17, 15) is 13.2 Å². The first-order chi connectivity index (χ1) is 13.5. The third kappa shape index (κ3) is 3.04. The molecule has 0 spiro atoms. The molecule has 8 heteroatoms. The molecular weight excluding hydrogens is 367 g/mol. The first-order valence-corrected chi connectivity index (χ1v) is 8.96. The number of aliphatic imine (C=N–C) groups is 1. The quantitative estimate of drug-likeness (QED) is 0.706. The molecule has 5 nitrogen and oxygen atoms in total. The van der Waals surface area contributed by atoms with Crippen molar-refractivity contribution in [3.8, 4) is 0 Å². The van der Waals surface area contributed by atoms with Crippen LogP contribution >= 0.6 is 0 Å². The summed E-state index contributed by atoms with van der Waals surface area (Å²) in [6, 6.07) is 8.67. The van der Waals surface area contributed by atoms with Crippen molar-refractivity contribution < 1.29 is 13.2 Å². The monoisotopic (exact) mass is 383 g/mol. The minimum absolute atomic E-state index is 0.172. The lowest BCUT2D eigenvalue weighted by Gasteiger charge is -2.35. The van der Waals surface area contributed by atoms with Crippen molar-refractivity contribution in [2.24, 2.45) is 4.99 Å². The molecule has 1 aliphatic heterocycles. The number of hydrogen-bond acceptors (Lipinski definition) is 5. The zero-order valence-corrected chi connectivity index (χ0v) is 14.7. The van der Waals surface area contributed by atoms with E-state index in [4.69, 9.17) is 0 Å². The number of amidine groups is 1. The van der Waals surface area contributed by atoms with E-state index in [1.165, 1.54) is 12.3 Å². The molecule has 2 N–H and O–H groups in total. The summed E-state index contributed by atoms with van der Waals surface area (Å²) >= 11 is 0. The molecular formula is C20H16F3N5. The van der Waals surface area contributed by atoms with E-state index in [0.29, 0.717) is 23.8 Å². The van der Waals surface area contributed by atoms with Gasteiger partial charge in [-0.2, -0.15) is 0 Å².